The summed E-state index contributed by atoms with van der Waals surface area (Å²) >= 11 is 18.7. The highest BCUT2D eigenvalue weighted by Crippen LogP contribution is 2.54. The van der Waals surface area contributed by atoms with Crippen molar-refractivity contribution in [1.29, 1.82) is 0 Å². The highest BCUT2D eigenvalue weighted by Gasteiger charge is 2.45. The van der Waals surface area contributed by atoms with Crippen LogP contribution in [0.25, 0.3) is 0 Å². The summed E-state index contributed by atoms with van der Waals surface area (Å²) in [6.45, 7) is 9.79. The first-order chi connectivity index (χ1) is 15.3. The molecule has 3 nitrogen and oxygen atoms in total. The van der Waals surface area contributed by atoms with Crippen LogP contribution in [0.15, 0.2) is 54.6 Å². The van der Waals surface area contributed by atoms with Gasteiger partial charge in [-0.15, -0.1) is 0 Å². The van der Waals surface area contributed by atoms with Crippen LogP contribution in [0.2, 0.25) is 15.1 Å². The van der Waals surface area contributed by atoms with E-state index in [1.807, 2.05) is 12.1 Å². The number of carbonyl (C=O) groups excluding carboxylic acids is 2. The van der Waals surface area contributed by atoms with E-state index in [9.17, 15) is 14.2 Å². The second kappa shape index (κ2) is 9.39. The van der Waals surface area contributed by atoms with Crippen molar-refractivity contribution < 1.29 is 14.2 Å². The molecule has 0 saturated carbocycles. The van der Waals surface area contributed by atoms with Gasteiger partial charge < -0.3 is 4.57 Å². The second-order valence-corrected chi connectivity index (χ2v) is 12.7. The van der Waals surface area contributed by atoms with Gasteiger partial charge >= 0.3 is 0 Å². The van der Waals surface area contributed by atoms with Crippen LogP contribution in [-0.4, -0.2) is 11.0 Å². The zero-order valence-corrected chi connectivity index (χ0v) is 22.2. The van der Waals surface area contributed by atoms with E-state index in [-0.39, 0.29) is 36.9 Å². The van der Waals surface area contributed by atoms with Gasteiger partial charge in [-0.1, -0.05) is 98.0 Å². The second-order valence-electron chi connectivity index (χ2n) is 9.01. The molecule has 0 bridgehead atoms. The molecule has 3 aromatic carbocycles. The van der Waals surface area contributed by atoms with E-state index >= 15 is 0 Å². The maximum Gasteiger partial charge on any atom is 0.248 e. The first-order valence-electron chi connectivity index (χ1n) is 10.3. The average molecular weight is 522 g/mol. The van der Waals surface area contributed by atoms with Gasteiger partial charge in [0, 0.05) is 10.9 Å². The number of aryl methyl sites for hydroxylation is 2. The van der Waals surface area contributed by atoms with Gasteiger partial charge in [0.15, 0.2) is 0 Å². The minimum absolute atomic E-state index is 0.0186. The molecule has 0 radical (unpaired) electrons. The first-order valence-corrected chi connectivity index (χ1v) is 13.1. The summed E-state index contributed by atoms with van der Waals surface area (Å²) in [5.41, 5.74) is 0.560. The molecular formula is C26H24Cl3O3P. The fourth-order valence-electron chi connectivity index (χ4n) is 3.74. The Hall–Kier alpha value is -1.90. The lowest BCUT2D eigenvalue weighted by atomic mass is 9.84. The lowest BCUT2D eigenvalue weighted by Gasteiger charge is -2.24. The van der Waals surface area contributed by atoms with E-state index in [0.29, 0.717) is 11.1 Å². The van der Waals surface area contributed by atoms with Crippen LogP contribution in [0.1, 0.15) is 58.2 Å². The van der Waals surface area contributed by atoms with Gasteiger partial charge in [-0.2, -0.15) is 0 Å². The fraction of sp³-hybridized carbons (Fsp3) is 0.231. The van der Waals surface area contributed by atoms with E-state index in [2.05, 4.69) is 20.8 Å². The average Bonchev–Trinajstić information content (AvgIpc) is 2.75. The predicted molar refractivity (Wildman–Crippen MR) is 138 cm³/mol. The Morgan fingerprint density at radius 2 is 1.24 bits per heavy atom. The van der Waals surface area contributed by atoms with E-state index in [1.165, 1.54) is 24.3 Å². The number of halogens is 3. The Morgan fingerprint density at radius 1 is 0.758 bits per heavy atom. The molecule has 0 saturated heterocycles. The summed E-state index contributed by atoms with van der Waals surface area (Å²) in [6.07, 6.45) is 0. The van der Waals surface area contributed by atoms with Gasteiger partial charge in [0.05, 0.1) is 20.6 Å². The molecule has 0 aliphatic carbocycles. The van der Waals surface area contributed by atoms with Crippen LogP contribution >= 0.6 is 41.9 Å². The monoisotopic (exact) mass is 520 g/mol. The third kappa shape index (κ3) is 4.70. The van der Waals surface area contributed by atoms with Crippen LogP contribution in [0.4, 0.5) is 0 Å². The summed E-state index contributed by atoms with van der Waals surface area (Å²) in [4.78, 5) is 27.8. The minimum atomic E-state index is -4.39. The molecule has 0 N–H and O–H groups in total. The Morgan fingerprint density at radius 3 is 1.76 bits per heavy atom. The molecule has 0 aromatic heterocycles. The lowest BCUT2D eigenvalue weighted by molar-refractivity contribution is 0.104. The normalized spacial score (nSPS) is 13.5. The number of rotatable bonds is 5. The maximum atomic E-state index is 14.6. The quantitative estimate of drug-likeness (QED) is 0.251. The standard InChI is InChI=1S/C26H24Cl3O3P/c1-15-13-17(26(3,4)5)14-16(2)21(15)24(30)33(32,18-9-7-6-8-10-18)25(31)22-19(27)11-12-20(28)23(22)29/h6-14H,1-5H3. The first kappa shape index (κ1) is 25.7. The number of benzene rings is 3. The van der Waals surface area contributed by atoms with Crippen molar-refractivity contribution >= 4 is 58.3 Å². The van der Waals surface area contributed by atoms with E-state index in [1.54, 1.807) is 32.0 Å². The van der Waals surface area contributed by atoms with Crippen molar-refractivity contribution in [1.82, 2.24) is 0 Å². The van der Waals surface area contributed by atoms with Crippen LogP contribution in [0.5, 0.6) is 0 Å². The molecule has 0 amide bonds. The zero-order valence-electron chi connectivity index (χ0n) is 19.0. The Balaban J connectivity index is 2.31. The topological polar surface area (TPSA) is 51.2 Å². The van der Waals surface area contributed by atoms with Gasteiger partial charge in [-0.3, -0.25) is 9.59 Å². The van der Waals surface area contributed by atoms with E-state index < -0.39 is 18.2 Å². The molecule has 0 fully saturated rings. The number of carbonyl (C=O) groups is 2. The number of hydrogen-bond donors (Lipinski definition) is 0. The highest BCUT2D eigenvalue weighted by atomic mass is 35.5. The molecule has 0 aliphatic heterocycles. The van der Waals surface area contributed by atoms with E-state index in [4.69, 9.17) is 34.8 Å². The molecule has 7 heteroatoms. The largest absolute Gasteiger partial charge is 0.302 e. The minimum Gasteiger partial charge on any atom is -0.302 e. The summed E-state index contributed by atoms with van der Waals surface area (Å²) in [5, 5.41) is 0.0497. The molecule has 1 unspecified atom stereocenters. The zero-order chi connectivity index (χ0) is 24.7. The summed E-state index contributed by atoms with van der Waals surface area (Å²) in [7, 11) is -4.39. The Kier molecular flexibility index (Phi) is 7.32. The molecule has 3 aromatic rings. The van der Waals surface area contributed by atoms with Gasteiger partial charge in [-0.05, 0) is 48.1 Å². The molecule has 3 rings (SSSR count). The summed E-state index contributed by atoms with van der Waals surface area (Å²) in [6, 6.07) is 14.7. The lowest BCUT2D eigenvalue weighted by Crippen LogP contribution is -2.23. The Labute approximate surface area is 209 Å². The Bertz CT molecular complexity index is 1290. The predicted octanol–water partition coefficient (Wildman–Crippen LogP) is 8.23. The third-order valence-electron chi connectivity index (χ3n) is 5.56. The molecule has 0 heterocycles. The smallest absolute Gasteiger partial charge is 0.248 e. The van der Waals surface area contributed by atoms with Gasteiger partial charge in [0.2, 0.25) is 18.2 Å². The van der Waals surface area contributed by atoms with Crippen molar-refractivity contribution in [2.24, 2.45) is 0 Å². The van der Waals surface area contributed by atoms with Crippen molar-refractivity contribution in [3.63, 3.8) is 0 Å². The number of hydrogen-bond acceptors (Lipinski definition) is 3. The van der Waals surface area contributed by atoms with Crippen molar-refractivity contribution in [2.45, 2.75) is 40.0 Å². The SMILES string of the molecule is Cc1cc(C(C)(C)C)cc(C)c1C(=O)P(=O)(C(=O)c1c(Cl)ccc(Cl)c1Cl)c1ccccc1. The maximum absolute atomic E-state index is 14.6. The molecule has 0 aliphatic rings. The molecule has 172 valence electrons. The fourth-order valence-corrected chi connectivity index (χ4v) is 7.03. The van der Waals surface area contributed by atoms with Crippen LogP contribution in [0.3, 0.4) is 0 Å². The van der Waals surface area contributed by atoms with Crippen molar-refractivity contribution in [2.75, 3.05) is 0 Å². The van der Waals surface area contributed by atoms with Crippen LogP contribution in [0, 0.1) is 13.8 Å². The molecular weight excluding hydrogens is 498 g/mol. The summed E-state index contributed by atoms with van der Waals surface area (Å²) in [5.74, 6) is 0. The van der Waals surface area contributed by atoms with Gasteiger partial charge in [0.1, 0.15) is 0 Å². The highest BCUT2D eigenvalue weighted by molar-refractivity contribution is 8.01. The molecule has 0 spiro atoms. The van der Waals surface area contributed by atoms with Gasteiger partial charge in [-0.25, -0.2) is 0 Å². The van der Waals surface area contributed by atoms with Crippen molar-refractivity contribution in [3.05, 3.63) is 97.5 Å². The summed E-state index contributed by atoms with van der Waals surface area (Å²) < 4.78 is 14.6. The van der Waals surface area contributed by atoms with Crippen molar-refractivity contribution in [3.8, 4) is 0 Å². The van der Waals surface area contributed by atoms with E-state index in [0.717, 1.165) is 5.56 Å². The molecule has 1 atom stereocenters. The third-order valence-corrected chi connectivity index (χ3v) is 9.30. The molecule has 33 heavy (non-hydrogen) atoms. The van der Waals surface area contributed by atoms with Gasteiger partial charge in [0.25, 0.3) is 0 Å². The van der Waals surface area contributed by atoms with Crippen LogP contribution in [-0.2, 0) is 9.98 Å². The van der Waals surface area contributed by atoms with Crippen LogP contribution < -0.4 is 5.30 Å².